The van der Waals surface area contributed by atoms with Gasteiger partial charge in [0.15, 0.2) is 5.60 Å². The Morgan fingerprint density at radius 3 is 2.26 bits per heavy atom. The molecule has 0 heterocycles. The molecule has 1 unspecified atom stereocenters. The van der Waals surface area contributed by atoms with Gasteiger partial charge in [0, 0.05) is 0 Å². The minimum Gasteiger partial charge on any atom is -0.442 e. The lowest BCUT2D eigenvalue weighted by atomic mass is 9.96. The molecule has 2 nitrogen and oxygen atoms in total. The molecule has 0 aliphatic heterocycles. The summed E-state index contributed by atoms with van der Waals surface area (Å²) in [5.41, 5.74) is -0.588. The number of hydrogen-bond acceptors (Lipinski definition) is 2. The van der Waals surface area contributed by atoms with Crippen LogP contribution in [0.15, 0.2) is 36.4 Å². The second-order valence-electron chi connectivity index (χ2n) is 5.63. The lowest BCUT2D eigenvalue weighted by Gasteiger charge is -2.25. The highest BCUT2D eigenvalue weighted by Crippen LogP contribution is 2.22. The van der Waals surface area contributed by atoms with Crippen molar-refractivity contribution in [3.63, 3.8) is 0 Å². The quantitative estimate of drug-likeness (QED) is 0.609. The van der Waals surface area contributed by atoms with Gasteiger partial charge in [-0.05, 0) is 39.3 Å². The first kappa shape index (κ1) is 15.0. The first-order chi connectivity index (χ1) is 8.77. The number of carbonyl (C=O) groups excluding carboxylic acids is 1. The molecule has 0 aromatic heterocycles. The minimum absolute atomic E-state index is 0.314. The lowest BCUT2D eigenvalue weighted by molar-refractivity contribution is -0.159. The van der Waals surface area contributed by atoms with Gasteiger partial charge in [-0.15, -0.1) is 6.42 Å². The molecule has 0 radical (unpaired) electrons. The van der Waals surface area contributed by atoms with E-state index in [4.69, 9.17) is 11.2 Å². The van der Waals surface area contributed by atoms with Gasteiger partial charge in [0.2, 0.25) is 0 Å². The van der Waals surface area contributed by atoms with Crippen molar-refractivity contribution in [3.05, 3.63) is 42.0 Å². The zero-order valence-electron chi connectivity index (χ0n) is 11.9. The fourth-order valence-electron chi connectivity index (χ4n) is 1.28. The molecule has 0 saturated carbocycles. The van der Waals surface area contributed by atoms with E-state index in [2.05, 4.69) is 5.92 Å². The number of hydrogen-bond donors (Lipinski definition) is 0. The van der Waals surface area contributed by atoms with Crippen LogP contribution in [0.25, 0.3) is 6.08 Å². The van der Waals surface area contributed by atoms with E-state index in [1.165, 1.54) is 0 Å². The summed E-state index contributed by atoms with van der Waals surface area (Å²) in [5, 5.41) is 0. The summed E-state index contributed by atoms with van der Waals surface area (Å²) in [5.74, 6) is 2.21. The van der Waals surface area contributed by atoms with Gasteiger partial charge in [0.05, 0.1) is 5.41 Å². The number of benzene rings is 1. The Labute approximate surface area is 115 Å². The van der Waals surface area contributed by atoms with Crippen LogP contribution in [0.2, 0.25) is 0 Å². The maximum atomic E-state index is 11.9. The highest BCUT2D eigenvalue weighted by molar-refractivity contribution is 5.76. The van der Waals surface area contributed by atoms with Gasteiger partial charge >= 0.3 is 5.97 Å². The van der Waals surface area contributed by atoms with E-state index in [9.17, 15) is 4.79 Å². The van der Waals surface area contributed by atoms with Gasteiger partial charge in [-0.2, -0.15) is 0 Å². The van der Waals surface area contributed by atoms with E-state index in [0.717, 1.165) is 5.56 Å². The van der Waals surface area contributed by atoms with Crippen LogP contribution in [0, 0.1) is 17.8 Å². The molecule has 100 valence electrons. The number of carbonyl (C=O) groups is 1. The van der Waals surface area contributed by atoms with Crippen molar-refractivity contribution in [1.82, 2.24) is 0 Å². The van der Waals surface area contributed by atoms with Crippen molar-refractivity contribution >= 4 is 12.0 Å². The Balaban J connectivity index is 2.85. The van der Waals surface area contributed by atoms with E-state index in [1.54, 1.807) is 33.8 Å². The largest absolute Gasteiger partial charge is 0.442 e. The van der Waals surface area contributed by atoms with Crippen molar-refractivity contribution in [1.29, 1.82) is 0 Å². The maximum absolute atomic E-state index is 11.9. The molecule has 2 heteroatoms. The molecular formula is C17H20O2. The predicted molar refractivity (Wildman–Crippen MR) is 78.3 cm³/mol. The summed E-state index contributed by atoms with van der Waals surface area (Å²) >= 11 is 0. The van der Waals surface area contributed by atoms with Crippen molar-refractivity contribution in [2.75, 3.05) is 0 Å². The smallest absolute Gasteiger partial charge is 0.312 e. The average molecular weight is 256 g/mol. The highest BCUT2D eigenvalue weighted by Gasteiger charge is 2.30. The third-order valence-corrected chi connectivity index (χ3v) is 2.60. The van der Waals surface area contributed by atoms with Gasteiger partial charge in [-0.3, -0.25) is 4.79 Å². The van der Waals surface area contributed by atoms with E-state index in [-0.39, 0.29) is 5.97 Å². The van der Waals surface area contributed by atoms with Crippen LogP contribution >= 0.6 is 0 Å². The third-order valence-electron chi connectivity index (χ3n) is 2.60. The topological polar surface area (TPSA) is 26.3 Å². The second kappa shape index (κ2) is 5.75. The van der Waals surface area contributed by atoms with E-state index >= 15 is 0 Å². The van der Waals surface area contributed by atoms with E-state index < -0.39 is 11.0 Å². The fraction of sp³-hybridized carbons (Fsp3) is 0.353. The Morgan fingerprint density at radius 1 is 1.21 bits per heavy atom. The number of esters is 1. The summed E-state index contributed by atoms with van der Waals surface area (Å²) < 4.78 is 5.41. The first-order valence-electron chi connectivity index (χ1n) is 6.22. The third kappa shape index (κ3) is 4.63. The molecule has 0 aliphatic rings. The standard InChI is InChI=1S/C17H20O2/c1-6-17(5,19-15(18)16(2,3)4)13-12-14-10-8-7-9-11-14/h1,7-13H,2-5H3/b13-12+. The molecule has 0 amide bonds. The van der Waals surface area contributed by atoms with Crippen molar-refractivity contribution in [2.24, 2.45) is 5.41 Å². The normalized spacial score (nSPS) is 14.7. The van der Waals surface area contributed by atoms with Crippen molar-refractivity contribution < 1.29 is 9.53 Å². The summed E-state index contributed by atoms with van der Waals surface area (Å²) in [7, 11) is 0. The van der Waals surface area contributed by atoms with Gasteiger partial charge < -0.3 is 4.74 Å². The Hall–Kier alpha value is -2.01. The van der Waals surface area contributed by atoms with Crippen LogP contribution in [0.4, 0.5) is 0 Å². The average Bonchev–Trinajstić information content (AvgIpc) is 2.36. The molecule has 0 spiro atoms. The molecule has 1 atom stereocenters. The van der Waals surface area contributed by atoms with Gasteiger partial charge in [0.1, 0.15) is 0 Å². The summed E-state index contributed by atoms with van der Waals surface area (Å²) in [6.45, 7) is 7.10. The fourth-order valence-corrected chi connectivity index (χ4v) is 1.28. The zero-order chi connectivity index (χ0) is 14.5. The number of ether oxygens (including phenoxy) is 1. The summed E-state index contributed by atoms with van der Waals surface area (Å²) in [4.78, 5) is 11.9. The molecule has 0 N–H and O–H groups in total. The minimum atomic E-state index is -1.03. The van der Waals surface area contributed by atoms with Crippen LogP contribution in [0.3, 0.4) is 0 Å². The van der Waals surface area contributed by atoms with Crippen LogP contribution in [0.1, 0.15) is 33.3 Å². The second-order valence-corrected chi connectivity index (χ2v) is 5.63. The maximum Gasteiger partial charge on any atom is 0.312 e. The molecule has 0 saturated heterocycles. The van der Waals surface area contributed by atoms with Gasteiger partial charge in [0.25, 0.3) is 0 Å². The van der Waals surface area contributed by atoms with Crippen molar-refractivity contribution in [3.8, 4) is 12.3 Å². The monoisotopic (exact) mass is 256 g/mol. The SMILES string of the molecule is C#CC(C)(/C=C/c1ccccc1)OC(=O)C(C)(C)C. The van der Waals surface area contributed by atoms with Gasteiger partial charge in [-0.1, -0.05) is 42.3 Å². The molecular weight excluding hydrogens is 236 g/mol. The van der Waals surface area contributed by atoms with Crippen LogP contribution in [0.5, 0.6) is 0 Å². The molecule has 19 heavy (non-hydrogen) atoms. The number of rotatable bonds is 3. The predicted octanol–water partition coefficient (Wildman–Crippen LogP) is 3.68. The molecule has 0 aliphatic carbocycles. The highest BCUT2D eigenvalue weighted by atomic mass is 16.6. The van der Waals surface area contributed by atoms with Crippen LogP contribution in [-0.2, 0) is 9.53 Å². The van der Waals surface area contributed by atoms with Crippen molar-refractivity contribution in [2.45, 2.75) is 33.3 Å². The summed E-state index contributed by atoms with van der Waals surface area (Å²) in [6.07, 6.45) is 9.07. The van der Waals surface area contributed by atoms with E-state index in [0.29, 0.717) is 0 Å². The van der Waals surface area contributed by atoms with Crippen LogP contribution in [-0.4, -0.2) is 11.6 Å². The molecule has 1 aromatic carbocycles. The Kier molecular flexibility index (Phi) is 4.56. The molecule has 0 fully saturated rings. The molecule has 1 rings (SSSR count). The Morgan fingerprint density at radius 2 is 1.79 bits per heavy atom. The molecule has 1 aromatic rings. The first-order valence-corrected chi connectivity index (χ1v) is 6.22. The summed E-state index contributed by atoms with van der Waals surface area (Å²) in [6, 6.07) is 9.73. The number of terminal acetylenes is 1. The van der Waals surface area contributed by atoms with E-state index in [1.807, 2.05) is 36.4 Å². The molecule has 0 bridgehead atoms. The van der Waals surface area contributed by atoms with Gasteiger partial charge in [-0.25, -0.2) is 0 Å². The zero-order valence-corrected chi connectivity index (χ0v) is 11.9. The lowest BCUT2D eigenvalue weighted by Crippen LogP contribution is -2.34. The van der Waals surface area contributed by atoms with Crippen LogP contribution < -0.4 is 0 Å². The Bertz CT molecular complexity index is 500.